The van der Waals surface area contributed by atoms with Crippen LogP contribution in [-0.2, 0) is 0 Å². The summed E-state index contributed by atoms with van der Waals surface area (Å²) in [6, 6.07) is 0. The first-order valence-corrected chi connectivity index (χ1v) is 6.09. The molecule has 0 spiro atoms. The molecular formula is C7H9ClN4S2. The van der Waals surface area contributed by atoms with Gasteiger partial charge in [-0.1, -0.05) is 22.9 Å². The molecule has 1 aromatic heterocycles. The Balaban J connectivity index is 1.91. The molecule has 1 aliphatic heterocycles. The lowest BCUT2D eigenvalue weighted by molar-refractivity contribution is 0.370. The van der Waals surface area contributed by atoms with E-state index in [-0.39, 0.29) is 0 Å². The maximum atomic E-state index is 5.78. The van der Waals surface area contributed by atoms with Gasteiger partial charge >= 0.3 is 0 Å². The molecule has 1 aromatic rings. The van der Waals surface area contributed by atoms with Crippen LogP contribution in [0.15, 0.2) is 15.6 Å². The highest BCUT2D eigenvalue weighted by molar-refractivity contribution is 7.98. The fraction of sp³-hybridized carbons (Fsp3) is 0.429. The Morgan fingerprint density at radius 2 is 2.57 bits per heavy atom. The van der Waals surface area contributed by atoms with Crippen LogP contribution in [0.5, 0.6) is 0 Å². The van der Waals surface area contributed by atoms with Gasteiger partial charge in [0.1, 0.15) is 17.3 Å². The summed E-state index contributed by atoms with van der Waals surface area (Å²) in [5.41, 5.74) is 0. The van der Waals surface area contributed by atoms with E-state index in [0.29, 0.717) is 4.34 Å². The van der Waals surface area contributed by atoms with Crippen LogP contribution < -0.4 is 0 Å². The summed E-state index contributed by atoms with van der Waals surface area (Å²) in [7, 11) is 0. The summed E-state index contributed by atoms with van der Waals surface area (Å²) in [5, 5.41) is 4.21. The highest BCUT2D eigenvalue weighted by atomic mass is 35.5. The first-order chi connectivity index (χ1) is 6.78. The molecule has 1 aliphatic rings. The summed E-state index contributed by atoms with van der Waals surface area (Å²) in [4.78, 5) is 6.26. The zero-order valence-corrected chi connectivity index (χ0v) is 9.94. The molecular weight excluding hydrogens is 240 g/mol. The number of hydrogen-bond acceptors (Lipinski definition) is 6. The van der Waals surface area contributed by atoms with Gasteiger partial charge < -0.3 is 4.90 Å². The molecule has 0 bridgehead atoms. The number of thiazole rings is 1. The van der Waals surface area contributed by atoms with Gasteiger partial charge in [-0.3, -0.25) is 0 Å². The minimum absolute atomic E-state index is 0.711. The van der Waals surface area contributed by atoms with E-state index in [1.54, 1.807) is 6.20 Å². The number of nitrogens with zero attached hydrogens (tertiary/aromatic N) is 4. The Hall–Kier alpha value is -0.460. The summed E-state index contributed by atoms with van der Waals surface area (Å²) >= 11 is 8.75. The Kier molecular flexibility index (Phi) is 3.15. The minimum atomic E-state index is 0.711. The Morgan fingerprint density at radius 3 is 3.14 bits per heavy atom. The van der Waals surface area contributed by atoms with Gasteiger partial charge in [-0.15, -0.1) is 0 Å². The van der Waals surface area contributed by atoms with Crippen molar-refractivity contribution in [3.63, 3.8) is 0 Å². The van der Waals surface area contributed by atoms with Gasteiger partial charge in [-0.05, 0) is 6.92 Å². The van der Waals surface area contributed by atoms with Gasteiger partial charge in [-0.25, -0.2) is 9.40 Å². The van der Waals surface area contributed by atoms with Gasteiger partial charge in [0.25, 0.3) is 0 Å². The van der Waals surface area contributed by atoms with Crippen LogP contribution in [0.25, 0.3) is 0 Å². The van der Waals surface area contributed by atoms with E-state index in [4.69, 9.17) is 11.6 Å². The monoisotopic (exact) mass is 248 g/mol. The van der Waals surface area contributed by atoms with Crippen molar-refractivity contribution in [2.75, 3.05) is 13.2 Å². The predicted octanol–water partition coefficient (Wildman–Crippen LogP) is 2.34. The molecule has 0 unspecified atom stereocenters. The molecule has 0 aliphatic carbocycles. The molecule has 2 heterocycles. The van der Waals surface area contributed by atoms with Crippen molar-refractivity contribution in [1.29, 1.82) is 0 Å². The van der Waals surface area contributed by atoms with E-state index < -0.39 is 0 Å². The van der Waals surface area contributed by atoms with E-state index >= 15 is 0 Å². The van der Waals surface area contributed by atoms with Crippen LogP contribution in [-0.4, -0.2) is 33.9 Å². The number of rotatable bonds is 3. The van der Waals surface area contributed by atoms with Crippen molar-refractivity contribution in [3.8, 4) is 0 Å². The van der Waals surface area contributed by atoms with Gasteiger partial charge in [0, 0.05) is 18.5 Å². The Labute approximate surface area is 95.7 Å². The highest BCUT2D eigenvalue weighted by Crippen LogP contribution is 2.30. The quantitative estimate of drug-likeness (QED) is 0.769. The maximum absolute atomic E-state index is 5.78. The number of hydrazone groups is 1. The Bertz CT molecular complexity index is 340. The van der Waals surface area contributed by atoms with E-state index in [9.17, 15) is 0 Å². The standard InChI is InChI=1S/C7H9ClN4S2/c1-2-11-4-10-12(5-11)14-7-9-3-6(8)13-7/h3-4H,2,5H2,1H3. The average molecular weight is 249 g/mol. The van der Waals surface area contributed by atoms with Gasteiger partial charge in [0.05, 0.1) is 6.20 Å². The molecule has 0 radical (unpaired) electrons. The first kappa shape index (κ1) is 10.1. The highest BCUT2D eigenvalue weighted by Gasteiger charge is 2.14. The molecule has 0 aromatic carbocycles. The normalized spacial score (nSPS) is 15.6. The van der Waals surface area contributed by atoms with Crippen molar-refractivity contribution in [1.82, 2.24) is 14.3 Å². The average Bonchev–Trinajstić information content (AvgIpc) is 2.76. The van der Waals surface area contributed by atoms with Gasteiger partial charge in [0.15, 0.2) is 4.34 Å². The molecule has 0 fully saturated rings. The molecule has 76 valence electrons. The van der Waals surface area contributed by atoms with E-state index in [1.807, 2.05) is 10.8 Å². The SMILES string of the molecule is CCN1C=NN(Sc2ncc(Cl)s2)C1. The van der Waals surface area contributed by atoms with Crippen molar-refractivity contribution < 1.29 is 0 Å². The zero-order valence-electron chi connectivity index (χ0n) is 7.55. The zero-order chi connectivity index (χ0) is 9.97. The third kappa shape index (κ3) is 2.31. The molecule has 0 saturated carbocycles. The van der Waals surface area contributed by atoms with Crippen LogP contribution in [0.3, 0.4) is 0 Å². The molecule has 0 saturated heterocycles. The fourth-order valence-electron chi connectivity index (χ4n) is 0.965. The smallest absolute Gasteiger partial charge is 0.173 e. The molecule has 4 nitrogen and oxygen atoms in total. The topological polar surface area (TPSA) is 31.7 Å². The minimum Gasteiger partial charge on any atom is -0.341 e. The number of aromatic nitrogens is 1. The van der Waals surface area contributed by atoms with E-state index in [2.05, 4.69) is 21.9 Å². The molecule has 2 rings (SSSR count). The van der Waals surface area contributed by atoms with Crippen LogP contribution in [0.4, 0.5) is 0 Å². The third-order valence-electron chi connectivity index (χ3n) is 1.69. The van der Waals surface area contributed by atoms with Gasteiger partial charge in [-0.2, -0.15) is 5.10 Å². The lowest BCUT2D eigenvalue weighted by Crippen LogP contribution is -2.22. The van der Waals surface area contributed by atoms with Crippen LogP contribution in [0, 0.1) is 0 Å². The molecule has 0 N–H and O–H groups in total. The van der Waals surface area contributed by atoms with Crippen molar-refractivity contribution in [3.05, 3.63) is 10.5 Å². The van der Waals surface area contributed by atoms with Crippen molar-refractivity contribution in [2.24, 2.45) is 5.10 Å². The summed E-state index contributed by atoms with van der Waals surface area (Å²) in [5.74, 6) is 0. The largest absolute Gasteiger partial charge is 0.341 e. The van der Waals surface area contributed by atoms with Gasteiger partial charge in [0.2, 0.25) is 0 Å². The second kappa shape index (κ2) is 4.37. The second-order valence-corrected chi connectivity index (χ2v) is 5.56. The van der Waals surface area contributed by atoms with E-state index in [1.165, 1.54) is 23.3 Å². The molecule has 0 atom stereocenters. The lowest BCUT2D eigenvalue weighted by atomic mass is 10.7. The van der Waals surface area contributed by atoms with Crippen molar-refractivity contribution in [2.45, 2.75) is 11.3 Å². The lowest BCUT2D eigenvalue weighted by Gasteiger charge is -2.14. The number of halogens is 1. The summed E-state index contributed by atoms with van der Waals surface area (Å²) in [6.07, 6.45) is 3.49. The molecule has 14 heavy (non-hydrogen) atoms. The summed E-state index contributed by atoms with van der Waals surface area (Å²) < 4.78 is 3.52. The molecule has 7 heteroatoms. The third-order valence-corrected chi connectivity index (χ3v) is 3.76. The van der Waals surface area contributed by atoms with Crippen LogP contribution in [0.2, 0.25) is 4.34 Å². The van der Waals surface area contributed by atoms with Crippen LogP contribution >= 0.6 is 34.9 Å². The summed E-state index contributed by atoms with van der Waals surface area (Å²) in [6.45, 7) is 3.87. The van der Waals surface area contributed by atoms with Crippen LogP contribution in [0.1, 0.15) is 6.92 Å². The Morgan fingerprint density at radius 1 is 1.71 bits per heavy atom. The van der Waals surface area contributed by atoms with E-state index in [0.717, 1.165) is 17.6 Å². The number of hydrogen-bond donors (Lipinski definition) is 0. The molecule has 0 amide bonds. The maximum Gasteiger partial charge on any atom is 0.173 e. The fourth-order valence-corrected chi connectivity index (χ4v) is 3.00. The predicted molar refractivity (Wildman–Crippen MR) is 60.6 cm³/mol. The first-order valence-electron chi connectivity index (χ1n) is 4.13. The van der Waals surface area contributed by atoms with Crippen molar-refractivity contribution >= 4 is 41.2 Å². The second-order valence-electron chi connectivity index (χ2n) is 2.65.